The molecule has 3 aromatic rings. The van der Waals surface area contributed by atoms with E-state index in [4.69, 9.17) is 15.2 Å². The van der Waals surface area contributed by atoms with Crippen LogP contribution in [-0.2, 0) is 16.0 Å². The van der Waals surface area contributed by atoms with Crippen molar-refractivity contribution in [1.29, 1.82) is 0 Å². The van der Waals surface area contributed by atoms with Gasteiger partial charge in [0.25, 0.3) is 11.8 Å². The highest BCUT2D eigenvalue weighted by molar-refractivity contribution is 5.99. The minimum Gasteiger partial charge on any atom is -0.508 e. The monoisotopic (exact) mass is 594 g/mol. The summed E-state index contributed by atoms with van der Waals surface area (Å²) >= 11 is 0. The van der Waals surface area contributed by atoms with Gasteiger partial charge in [0.15, 0.2) is 0 Å². The molecule has 0 aliphatic rings. The van der Waals surface area contributed by atoms with E-state index in [1.54, 1.807) is 32.0 Å². The molecule has 13 nitrogen and oxygen atoms in total. The minimum absolute atomic E-state index is 0.0998. The van der Waals surface area contributed by atoms with E-state index in [1.165, 1.54) is 25.3 Å². The number of methoxy groups -OCH3 is 1. The van der Waals surface area contributed by atoms with E-state index >= 15 is 0 Å². The summed E-state index contributed by atoms with van der Waals surface area (Å²) in [5.74, 6) is -1.28. The number of nitrogens with two attached hydrogens (primary N) is 1. The van der Waals surface area contributed by atoms with Crippen LogP contribution >= 0.6 is 0 Å². The Bertz CT molecular complexity index is 1410. The molecule has 0 fully saturated rings. The van der Waals surface area contributed by atoms with Crippen LogP contribution in [0.3, 0.4) is 0 Å². The summed E-state index contributed by atoms with van der Waals surface area (Å²) in [6.07, 6.45) is 2.12. The van der Waals surface area contributed by atoms with Gasteiger partial charge in [-0.15, -0.1) is 0 Å². The molecular formula is C30H38N6O7. The topological polar surface area (TPSA) is 198 Å². The van der Waals surface area contributed by atoms with Crippen LogP contribution in [0.2, 0.25) is 0 Å². The van der Waals surface area contributed by atoms with Crippen LogP contribution in [0.25, 0.3) is 0 Å². The Hall–Kier alpha value is -4.91. The fourth-order valence-corrected chi connectivity index (χ4v) is 4.26. The minimum atomic E-state index is -1.21. The summed E-state index contributed by atoms with van der Waals surface area (Å²) in [5.41, 5.74) is 7.56. The number of rotatable bonds is 15. The quantitative estimate of drug-likeness (QED) is 0.111. The van der Waals surface area contributed by atoms with Gasteiger partial charge >= 0.3 is 5.97 Å². The zero-order chi connectivity index (χ0) is 31.4. The Morgan fingerprint density at radius 3 is 2.40 bits per heavy atom. The maximum Gasteiger partial charge on any atom is 0.330 e. The molecule has 0 radical (unpaired) electrons. The van der Waals surface area contributed by atoms with Crippen LogP contribution in [0.4, 0.5) is 5.95 Å². The second-order valence-corrected chi connectivity index (χ2v) is 9.76. The van der Waals surface area contributed by atoms with Crippen molar-refractivity contribution in [2.45, 2.75) is 39.2 Å². The van der Waals surface area contributed by atoms with Gasteiger partial charge in [0.05, 0.1) is 30.7 Å². The first-order valence-corrected chi connectivity index (χ1v) is 13.8. The molecule has 7 N–H and O–H groups in total. The number of hydrogen-bond donors (Lipinski definition) is 6. The number of esters is 1. The van der Waals surface area contributed by atoms with Gasteiger partial charge < -0.3 is 41.4 Å². The number of ether oxygens (including phenoxy) is 2. The molecule has 3 rings (SSSR count). The van der Waals surface area contributed by atoms with E-state index in [9.17, 15) is 24.6 Å². The molecule has 0 aliphatic heterocycles. The molecule has 0 saturated heterocycles. The number of hydrogen-bond acceptors (Lipinski definition) is 11. The molecule has 43 heavy (non-hydrogen) atoms. The summed E-state index contributed by atoms with van der Waals surface area (Å²) in [7, 11) is 1.17. The lowest BCUT2D eigenvalue weighted by Gasteiger charge is -2.19. The number of aromatic hydroxyl groups is 2. The van der Waals surface area contributed by atoms with Crippen LogP contribution in [0.15, 0.2) is 42.5 Å². The highest BCUT2D eigenvalue weighted by atomic mass is 16.5. The lowest BCUT2D eigenvalue weighted by Crippen LogP contribution is -2.49. The van der Waals surface area contributed by atoms with Crippen molar-refractivity contribution < 1.29 is 34.1 Å². The van der Waals surface area contributed by atoms with Gasteiger partial charge in [-0.25, -0.2) is 14.8 Å². The van der Waals surface area contributed by atoms with E-state index in [-0.39, 0.29) is 34.9 Å². The maximum atomic E-state index is 13.2. The largest absolute Gasteiger partial charge is 0.508 e. The number of nitrogens with one attached hydrogen (secondary N) is 3. The van der Waals surface area contributed by atoms with Crippen LogP contribution in [0.1, 0.15) is 50.5 Å². The molecule has 230 valence electrons. The fourth-order valence-electron chi connectivity index (χ4n) is 4.26. The van der Waals surface area contributed by atoms with Crippen LogP contribution in [-0.4, -0.2) is 77.4 Å². The molecule has 2 aromatic carbocycles. The zero-order valence-electron chi connectivity index (χ0n) is 24.5. The molecule has 1 aromatic heterocycles. The van der Waals surface area contributed by atoms with Crippen molar-refractivity contribution in [2.24, 2.45) is 5.73 Å². The van der Waals surface area contributed by atoms with Crippen LogP contribution in [0.5, 0.6) is 17.2 Å². The number of amides is 2. The van der Waals surface area contributed by atoms with Crippen LogP contribution < -0.4 is 26.4 Å². The van der Waals surface area contributed by atoms with E-state index in [0.717, 1.165) is 18.4 Å². The highest BCUT2D eigenvalue weighted by Gasteiger charge is 2.26. The molecule has 1 heterocycles. The van der Waals surface area contributed by atoms with E-state index < -0.39 is 23.8 Å². The number of carbonyl (C=O) groups is 3. The van der Waals surface area contributed by atoms with E-state index in [0.29, 0.717) is 43.5 Å². The fraction of sp³-hybridized carbons (Fsp3) is 0.367. The van der Waals surface area contributed by atoms with Gasteiger partial charge in [0, 0.05) is 24.7 Å². The Balaban J connectivity index is 1.61. The Morgan fingerprint density at radius 1 is 0.977 bits per heavy atom. The first kappa shape index (κ1) is 32.6. The van der Waals surface area contributed by atoms with E-state index in [2.05, 4.69) is 25.9 Å². The lowest BCUT2D eigenvalue weighted by atomic mass is 10.1. The first-order chi connectivity index (χ1) is 20.6. The van der Waals surface area contributed by atoms with Crippen LogP contribution in [0, 0.1) is 13.8 Å². The second-order valence-electron chi connectivity index (χ2n) is 9.76. The van der Waals surface area contributed by atoms with Crippen molar-refractivity contribution in [1.82, 2.24) is 20.6 Å². The maximum absolute atomic E-state index is 13.2. The standard InChI is InChI=1S/C30H38N6O7/c1-18-26(19(2)35-30(34-18)32-11-5-8-20-7-4-9-22(37)13-20)28(40)36-25(29(41)42-3)17-33-27(39)21-14-23(38)16-24(15-21)43-12-6-10-31/h4,7,9,13-16,25,37-38H,5-6,8,10-12,17,31H2,1-3H3,(H,33,39)(H,36,40)(H,32,34,35)/t25-/m0/s1. The predicted molar refractivity (Wildman–Crippen MR) is 159 cm³/mol. The first-order valence-electron chi connectivity index (χ1n) is 13.8. The van der Waals surface area contributed by atoms with Gasteiger partial charge in [-0.1, -0.05) is 12.1 Å². The summed E-state index contributed by atoms with van der Waals surface area (Å²) in [4.78, 5) is 47.2. The number of anilines is 1. The number of phenolic OH excluding ortho intramolecular Hbond substituents is 2. The predicted octanol–water partition coefficient (Wildman–Crippen LogP) is 1.98. The number of nitrogens with zero attached hydrogens (tertiary/aromatic N) is 2. The van der Waals surface area contributed by atoms with Gasteiger partial charge in [0.2, 0.25) is 5.95 Å². The zero-order valence-corrected chi connectivity index (χ0v) is 24.5. The van der Waals surface area contributed by atoms with Crippen molar-refractivity contribution >= 4 is 23.7 Å². The van der Waals surface area contributed by atoms with Gasteiger partial charge in [-0.05, 0) is 69.5 Å². The average Bonchev–Trinajstić information content (AvgIpc) is 2.96. The highest BCUT2D eigenvalue weighted by Crippen LogP contribution is 2.22. The molecule has 13 heteroatoms. The third-order valence-electron chi connectivity index (χ3n) is 6.36. The van der Waals surface area contributed by atoms with Crippen molar-refractivity contribution in [3.63, 3.8) is 0 Å². The third-order valence-corrected chi connectivity index (χ3v) is 6.36. The Labute approximate surface area is 249 Å². The summed E-state index contributed by atoms with van der Waals surface area (Å²) in [6, 6.07) is 9.93. The van der Waals surface area contributed by atoms with Crippen molar-refractivity contribution in [3.05, 3.63) is 70.5 Å². The van der Waals surface area contributed by atoms with Gasteiger partial charge in [0.1, 0.15) is 23.3 Å². The molecular weight excluding hydrogens is 556 g/mol. The molecule has 0 spiro atoms. The third kappa shape index (κ3) is 9.85. The summed E-state index contributed by atoms with van der Waals surface area (Å²) in [6.45, 7) is 4.36. The smallest absolute Gasteiger partial charge is 0.330 e. The molecule has 2 amide bonds. The number of aryl methyl sites for hydroxylation is 3. The molecule has 0 aliphatic carbocycles. The number of carbonyl (C=O) groups excluding carboxylic acids is 3. The van der Waals surface area contributed by atoms with Gasteiger partial charge in [-0.2, -0.15) is 0 Å². The second kappa shape index (κ2) is 15.9. The van der Waals surface area contributed by atoms with Crippen molar-refractivity contribution in [2.75, 3.05) is 38.7 Å². The summed E-state index contributed by atoms with van der Waals surface area (Å²) < 4.78 is 10.3. The Morgan fingerprint density at radius 2 is 1.72 bits per heavy atom. The molecule has 0 bridgehead atoms. The molecule has 1 atom stereocenters. The molecule has 0 unspecified atom stereocenters. The molecule has 0 saturated carbocycles. The average molecular weight is 595 g/mol. The van der Waals surface area contributed by atoms with E-state index in [1.807, 2.05) is 6.07 Å². The normalized spacial score (nSPS) is 11.3. The number of aromatic nitrogens is 2. The SMILES string of the molecule is COC(=O)[C@H](CNC(=O)c1cc(O)cc(OCCCN)c1)NC(=O)c1c(C)nc(NCCCc2cccc(O)c2)nc1C. The number of phenols is 2. The number of benzene rings is 2. The Kier molecular flexibility index (Phi) is 12.1. The summed E-state index contributed by atoms with van der Waals surface area (Å²) in [5, 5.41) is 27.9. The van der Waals surface area contributed by atoms with Crippen molar-refractivity contribution in [3.8, 4) is 17.2 Å². The van der Waals surface area contributed by atoms with Gasteiger partial charge in [-0.3, -0.25) is 9.59 Å². The lowest BCUT2D eigenvalue weighted by molar-refractivity contribution is -0.142.